The summed E-state index contributed by atoms with van der Waals surface area (Å²) >= 11 is 0. The summed E-state index contributed by atoms with van der Waals surface area (Å²) in [4.78, 5) is 4.04. The van der Waals surface area contributed by atoms with Gasteiger partial charge in [-0.25, -0.2) is 8.42 Å². The molecule has 20 heavy (non-hydrogen) atoms. The van der Waals surface area contributed by atoms with Gasteiger partial charge in [-0.2, -0.15) is 0 Å². The molecule has 1 aromatic heterocycles. The topological polar surface area (TPSA) is 85.1 Å². The fourth-order valence-corrected chi connectivity index (χ4v) is 3.10. The van der Waals surface area contributed by atoms with Crippen LogP contribution in [0, 0.1) is 20.8 Å². The molecule has 0 unspecified atom stereocenters. The van der Waals surface area contributed by atoms with Crippen LogP contribution in [0.15, 0.2) is 35.5 Å². The molecule has 0 radical (unpaired) electrons. The largest absolute Gasteiger partial charge is 0.398 e. The first kappa shape index (κ1) is 14.3. The molecule has 106 valence electrons. The van der Waals surface area contributed by atoms with Crippen molar-refractivity contribution in [2.24, 2.45) is 0 Å². The molecule has 2 rings (SSSR count). The third-order valence-corrected chi connectivity index (χ3v) is 4.48. The quantitative estimate of drug-likeness (QED) is 0.850. The van der Waals surface area contributed by atoms with Crippen molar-refractivity contribution in [1.82, 2.24) is 4.98 Å². The highest BCUT2D eigenvalue weighted by Crippen LogP contribution is 2.24. The lowest BCUT2D eigenvalue weighted by atomic mass is 10.1. The zero-order valence-corrected chi connectivity index (χ0v) is 12.5. The van der Waals surface area contributed by atoms with E-state index in [9.17, 15) is 8.42 Å². The van der Waals surface area contributed by atoms with E-state index in [1.807, 2.05) is 20.8 Å². The summed E-state index contributed by atoms with van der Waals surface area (Å²) in [6.45, 7) is 5.58. The number of nitrogens with two attached hydrogens (primary N) is 1. The van der Waals surface area contributed by atoms with Gasteiger partial charge >= 0.3 is 0 Å². The van der Waals surface area contributed by atoms with Crippen LogP contribution in [-0.4, -0.2) is 13.4 Å². The lowest BCUT2D eigenvalue weighted by Crippen LogP contribution is -2.15. The smallest absolute Gasteiger partial charge is 0.264 e. The van der Waals surface area contributed by atoms with E-state index in [0.29, 0.717) is 5.69 Å². The third kappa shape index (κ3) is 2.91. The first-order valence-corrected chi connectivity index (χ1v) is 7.59. The van der Waals surface area contributed by atoms with Gasteiger partial charge in [0, 0.05) is 6.20 Å². The fourth-order valence-electron chi connectivity index (χ4n) is 1.87. The molecule has 0 saturated heterocycles. The number of rotatable bonds is 3. The normalized spacial score (nSPS) is 11.3. The molecule has 0 amide bonds. The van der Waals surface area contributed by atoms with Crippen LogP contribution >= 0.6 is 0 Å². The van der Waals surface area contributed by atoms with Crippen LogP contribution in [0.5, 0.6) is 0 Å². The Balaban J connectivity index is 2.43. The number of hydrogen-bond donors (Lipinski definition) is 2. The maximum atomic E-state index is 12.4. The highest BCUT2D eigenvalue weighted by Gasteiger charge is 2.18. The van der Waals surface area contributed by atoms with Gasteiger partial charge in [0.15, 0.2) is 0 Å². The Morgan fingerprint density at radius 1 is 1.05 bits per heavy atom. The van der Waals surface area contributed by atoms with Gasteiger partial charge in [0.1, 0.15) is 4.90 Å². The molecule has 6 heteroatoms. The molecule has 0 atom stereocenters. The van der Waals surface area contributed by atoms with E-state index in [0.717, 1.165) is 16.7 Å². The van der Waals surface area contributed by atoms with E-state index in [1.54, 1.807) is 24.4 Å². The Morgan fingerprint density at radius 2 is 1.70 bits per heavy atom. The summed E-state index contributed by atoms with van der Waals surface area (Å²) in [7, 11) is -3.72. The van der Waals surface area contributed by atoms with Gasteiger partial charge in [0.25, 0.3) is 10.0 Å². The van der Waals surface area contributed by atoms with Crippen molar-refractivity contribution >= 4 is 21.4 Å². The molecular weight excluding hydrogens is 274 g/mol. The minimum Gasteiger partial charge on any atom is -0.398 e. The van der Waals surface area contributed by atoms with Crippen molar-refractivity contribution in [1.29, 1.82) is 0 Å². The maximum absolute atomic E-state index is 12.4. The van der Waals surface area contributed by atoms with E-state index in [1.165, 1.54) is 6.20 Å². The van der Waals surface area contributed by atoms with Gasteiger partial charge in [-0.3, -0.25) is 9.71 Å². The number of nitrogens with zero attached hydrogens (tertiary/aromatic N) is 1. The molecule has 0 spiro atoms. The summed E-state index contributed by atoms with van der Waals surface area (Å²) in [5, 5.41) is 0. The Bertz CT molecular complexity index is 755. The molecule has 0 aliphatic rings. The summed E-state index contributed by atoms with van der Waals surface area (Å²) in [6.07, 6.45) is 3.12. The minimum atomic E-state index is -3.72. The number of nitrogens with one attached hydrogen (secondary N) is 1. The first-order chi connectivity index (χ1) is 9.29. The van der Waals surface area contributed by atoms with Crippen LogP contribution in [0.25, 0.3) is 0 Å². The van der Waals surface area contributed by atoms with Crippen LogP contribution in [0.4, 0.5) is 11.4 Å². The molecule has 0 fully saturated rings. The minimum absolute atomic E-state index is 0.0853. The molecule has 0 bridgehead atoms. The lowest BCUT2D eigenvalue weighted by Gasteiger charge is -2.12. The van der Waals surface area contributed by atoms with Crippen molar-refractivity contribution in [3.8, 4) is 0 Å². The molecular formula is C14H17N3O2S. The SMILES string of the molecule is Cc1cncc(NS(=O)(=O)c2cc(C)c(C)cc2N)c1. The predicted molar refractivity (Wildman–Crippen MR) is 80.1 cm³/mol. The van der Waals surface area contributed by atoms with Crippen molar-refractivity contribution in [2.75, 3.05) is 10.5 Å². The van der Waals surface area contributed by atoms with E-state index < -0.39 is 10.0 Å². The number of aromatic nitrogens is 1. The summed E-state index contributed by atoms with van der Waals surface area (Å²) in [5.74, 6) is 0. The summed E-state index contributed by atoms with van der Waals surface area (Å²) in [5.41, 5.74) is 9.19. The van der Waals surface area contributed by atoms with E-state index in [4.69, 9.17) is 5.73 Å². The van der Waals surface area contributed by atoms with E-state index in [2.05, 4.69) is 9.71 Å². The van der Waals surface area contributed by atoms with Crippen LogP contribution in [0.1, 0.15) is 16.7 Å². The Kier molecular flexibility index (Phi) is 3.67. The Labute approximate surface area is 118 Å². The van der Waals surface area contributed by atoms with Crippen molar-refractivity contribution in [3.63, 3.8) is 0 Å². The molecule has 0 aliphatic heterocycles. The monoisotopic (exact) mass is 291 g/mol. The van der Waals surface area contributed by atoms with Crippen molar-refractivity contribution in [2.45, 2.75) is 25.7 Å². The van der Waals surface area contributed by atoms with Crippen LogP contribution in [0.2, 0.25) is 0 Å². The van der Waals surface area contributed by atoms with Crippen molar-refractivity contribution < 1.29 is 8.42 Å². The molecule has 1 aromatic carbocycles. The number of aryl methyl sites for hydroxylation is 3. The number of benzene rings is 1. The van der Waals surface area contributed by atoms with Gasteiger partial charge in [-0.15, -0.1) is 0 Å². The predicted octanol–water partition coefficient (Wildman–Crippen LogP) is 2.39. The van der Waals surface area contributed by atoms with Gasteiger partial charge in [-0.05, 0) is 55.7 Å². The Morgan fingerprint density at radius 3 is 2.35 bits per heavy atom. The van der Waals surface area contributed by atoms with Gasteiger partial charge in [0.2, 0.25) is 0 Å². The number of anilines is 2. The average Bonchev–Trinajstić information content (AvgIpc) is 2.33. The highest BCUT2D eigenvalue weighted by atomic mass is 32.2. The standard InChI is InChI=1S/C14H17N3O2S/c1-9-4-12(8-16-7-9)17-20(18,19)14-6-11(3)10(2)5-13(14)15/h4-8,17H,15H2,1-3H3. The lowest BCUT2D eigenvalue weighted by molar-refractivity contribution is 0.601. The van der Waals surface area contributed by atoms with Crippen LogP contribution in [0.3, 0.4) is 0 Å². The Hall–Kier alpha value is -2.08. The fraction of sp³-hybridized carbons (Fsp3) is 0.214. The number of nitrogen functional groups attached to an aromatic ring is 1. The maximum Gasteiger partial charge on any atom is 0.264 e. The molecule has 2 aromatic rings. The molecule has 3 N–H and O–H groups in total. The van der Waals surface area contributed by atoms with E-state index >= 15 is 0 Å². The molecule has 5 nitrogen and oxygen atoms in total. The number of pyridine rings is 1. The number of sulfonamides is 1. The van der Waals surface area contributed by atoms with Gasteiger partial charge in [-0.1, -0.05) is 0 Å². The second-order valence-corrected chi connectivity index (χ2v) is 6.48. The first-order valence-electron chi connectivity index (χ1n) is 6.11. The average molecular weight is 291 g/mol. The highest BCUT2D eigenvalue weighted by molar-refractivity contribution is 7.92. The molecule has 0 aliphatic carbocycles. The number of hydrogen-bond acceptors (Lipinski definition) is 4. The third-order valence-electron chi connectivity index (χ3n) is 3.04. The van der Waals surface area contributed by atoms with Crippen LogP contribution in [-0.2, 0) is 10.0 Å². The zero-order valence-electron chi connectivity index (χ0n) is 11.6. The van der Waals surface area contributed by atoms with E-state index in [-0.39, 0.29) is 10.6 Å². The van der Waals surface area contributed by atoms with Gasteiger partial charge in [0.05, 0.1) is 17.6 Å². The molecule has 1 heterocycles. The second-order valence-electron chi connectivity index (χ2n) is 4.83. The summed E-state index contributed by atoms with van der Waals surface area (Å²) < 4.78 is 27.2. The van der Waals surface area contributed by atoms with Gasteiger partial charge < -0.3 is 5.73 Å². The summed E-state index contributed by atoms with van der Waals surface area (Å²) in [6, 6.07) is 4.95. The van der Waals surface area contributed by atoms with Crippen LogP contribution < -0.4 is 10.5 Å². The van der Waals surface area contributed by atoms with Crippen molar-refractivity contribution in [3.05, 3.63) is 47.3 Å². The zero-order chi connectivity index (χ0) is 14.9. The molecule has 0 saturated carbocycles. The second kappa shape index (κ2) is 5.13.